The summed E-state index contributed by atoms with van der Waals surface area (Å²) in [6.45, 7) is 3.55. The number of hydrogen-bond donors (Lipinski definition) is 1. The van der Waals surface area contributed by atoms with E-state index in [1.54, 1.807) is 25.3 Å². The Bertz CT molecular complexity index is 799. The van der Waals surface area contributed by atoms with Crippen LogP contribution in [-0.4, -0.2) is 38.3 Å². The monoisotopic (exact) mass is 423 g/mol. The minimum absolute atomic E-state index is 0.132. The molecule has 2 heterocycles. The molecule has 1 fully saturated rings. The number of sulfone groups is 1. The normalized spacial score (nSPS) is 16.0. The van der Waals surface area contributed by atoms with Crippen molar-refractivity contribution in [2.45, 2.75) is 30.7 Å². The largest absolute Gasteiger partial charge is 0.371 e. The smallest absolute Gasteiger partial charge is 0.178 e. The van der Waals surface area contributed by atoms with Crippen molar-refractivity contribution in [1.29, 1.82) is 0 Å². The third kappa shape index (κ3) is 4.52. The Morgan fingerprint density at radius 2 is 1.84 bits per heavy atom. The third-order valence-electron chi connectivity index (χ3n) is 4.52. The minimum Gasteiger partial charge on any atom is -0.371 e. The zero-order valence-electron chi connectivity index (χ0n) is 14.2. The number of piperidine rings is 1. The van der Waals surface area contributed by atoms with Crippen molar-refractivity contribution in [3.63, 3.8) is 0 Å². The second-order valence-corrected chi connectivity index (χ2v) is 9.36. The molecule has 1 aliphatic rings. The molecule has 134 valence electrons. The van der Waals surface area contributed by atoms with Crippen LogP contribution in [0.3, 0.4) is 0 Å². The fraction of sp³-hybridized carbons (Fsp3) is 0.389. The molecule has 2 aromatic rings. The average molecular weight is 424 g/mol. The van der Waals surface area contributed by atoms with E-state index in [0.29, 0.717) is 10.9 Å². The molecule has 0 spiro atoms. The summed E-state index contributed by atoms with van der Waals surface area (Å²) in [4.78, 5) is 7.06. The number of rotatable bonds is 5. The Kier molecular flexibility index (Phi) is 5.64. The van der Waals surface area contributed by atoms with Crippen molar-refractivity contribution in [3.05, 3.63) is 47.1 Å². The molecule has 0 aliphatic carbocycles. The molecule has 0 bridgehead atoms. The van der Waals surface area contributed by atoms with Gasteiger partial charge in [0.2, 0.25) is 0 Å². The molecule has 0 atom stereocenters. The van der Waals surface area contributed by atoms with Crippen LogP contribution in [0.1, 0.15) is 19.8 Å². The van der Waals surface area contributed by atoms with E-state index in [9.17, 15) is 8.42 Å². The summed E-state index contributed by atoms with van der Waals surface area (Å²) in [5.74, 6) is 1.03. The van der Waals surface area contributed by atoms with E-state index in [2.05, 4.69) is 31.1 Å². The number of nitrogens with zero attached hydrogens (tertiary/aromatic N) is 2. The van der Waals surface area contributed by atoms with Crippen molar-refractivity contribution in [2.24, 2.45) is 0 Å². The molecular weight excluding hydrogens is 402 g/mol. The van der Waals surface area contributed by atoms with Gasteiger partial charge in [0.05, 0.1) is 10.6 Å². The van der Waals surface area contributed by atoms with E-state index in [1.807, 2.05) is 24.3 Å². The molecule has 1 aromatic heterocycles. The fourth-order valence-corrected chi connectivity index (χ4v) is 4.10. The first-order valence-corrected chi connectivity index (χ1v) is 10.9. The van der Waals surface area contributed by atoms with Crippen molar-refractivity contribution >= 4 is 37.3 Å². The summed E-state index contributed by atoms with van der Waals surface area (Å²) in [6, 6.07) is 11.6. The van der Waals surface area contributed by atoms with Crippen molar-refractivity contribution in [2.75, 3.05) is 29.1 Å². The number of halogens is 1. The van der Waals surface area contributed by atoms with Gasteiger partial charge in [-0.25, -0.2) is 13.4 Å². The highest BCUT2D eigenvalue weighted by Gasteiger charge is 2.20. The van der Waals surface area contributed by atoms with Crippen molar-refractivity contribution in [1.82, 2.24) is 4.98 Å². The Hall–Kier alpha value is -1.60. The molecule has 0 amide bonds. The van der Waals surface area contributed by atoms with Crippen LogP contribution >= 0.6 is 15.9 Å². The molecule has 1 aliphatic heterocycles. The fourth-order valence-electron chi connectivity index (χ4n) is 2.98. The highest BCUT2D eigenvalue weighted by Crippen LogP contribution is 2.24. The second kappa shape index (κ2) is 7.74. The van der Waals surface area contributed by atoms with Gasteiger partial charge in [0.15, 0.2) is 9.84 Å². The maximum Gasteiger partial charge on any atom is 0.178 e. The van der Waals surface area contributed by atoms with Gasteiger partial charge < -0.3 is 10.2 Å². The summed E-state index contributed by atoms with van der Waals surface area (Å²) in [5.41, 5.74) is 1.08. The van der Waals surface area contributed by atoms with Gasteiger partial charge in [-0.05, 0) is 65.2 Å². The Balaban J connectivity index is 1.57. The summed E-state index contributed by atoms with van der Waals surface area (Å²) in [7, 11) is -3.13. The standard InChI is InChI=1S/C18H22BrN3O2S/c1-2-25(23,24)17-6-4-16(5-7-17)22-11-9-15(10-12-22)21-18-8-3-14(19)13-20-18/h3-8,13,15H,2,9-12H2,1H3,(H,20,21). The predicted octanol–water partition coefficient (Wildman–Crippen LogP) is 3.72. The van der Waals surface area contributed by atoms with Gasteiger partial charge in [-0.3, -0.25) is 0 Å². The molecule has 25 heavy (non-hydrogen) atoms. The SMILES string of the molecule is CCS(=O)(=O)c1ccc(N2CCC(Nc3ccc(Br)cn3)CC2)cc1. The maximum absolute atomic E-state index is 11.9. The zero-order valence-corrected chi connectivity index (χ0v) is 16.6. The summed E-state index contributed by atoms with van der Waals surface area (Å²) >= 11 is 3.39. The van der Waals surface area contributed by atoms with Crippen LogP contribution in [0.25, 0.3) is 0 Å². The van der Waals surface area contributed by atoms with E-state index in [-0.39, 0.29) is 5.75 Å². The molecule has 0 unspecified atom stereocenters. The molecule has 3 rings (SSSR count). The molecule has 5 nitrogen and oxygen atoms in total. The van der Waals surface area contributed by atoms with Gasteiger partial charge in [0.1, 0.15) is 5.82 Å². The first kappa shape index (κ1) is 18.2. The second-order valence-electron chi connectivity index (χ2n) is 6.16. The Morgan fingerprint density at radius 1 is 1.16 bits per heavy atom. The van der Waals surface area contributed by atoms with Crippen LogP contribution < -0.4 is 10.2 Å². The summed E-state index contributed by atoms with van der Waals surface area (Å²) < 4.78 is 24.8. The average Bonchev–Trinajstić information content (AvgIpc) is 2.64. The number of anilines is 2. The lowest BCUT2D eigenvalue weighted by Crippen LogP contribution is -2.39. The van der Waals surface area contributed by atoms with Crippen molar-refractivity contribution in [3.8, 4) is 0 Å². The molecule has 1 saturated heterocycles. The van der Waals surface area contributed by atoms with E-state index in [0.717, 1.165) is 41.9 Å². The molecular formula is C18H22BrN3O2S. The van der Waals surface area contributed by atoms with Crippen LogP contribution in [0, 0.1) is 0 Å². The lowest BCUT2D eigenvalue weighted by atomic mass is 10.0. The number of nitrogens with one attached hydrogen (secondary N) is 1. The van der Waals surface area contributed by atoms with Gasteiger partial charge in [-0.2, -0.15) is 0 Å². The van der Waals surface area contributed by atoms with Crippen LogP contribution in [0.15, 0.2) is 52.0 Å². The van der Waals surface area contributed by atoms with E-state index >= 15 is 0 Å². The molecule has 0 radical (unpaired) electrons. The van der Waals surface area contributed by atoms with Gasteiger partial charge in [-0.15, -0.1) is 0 Å². The third-order valence-corrected chi connectivity index (χ3v) is 6.73. The maximum atomic E-state index is 11.9. The lowest BCUT2D eigenvalue weighted by molar-refractivity contribution is 0.525. The van der Waals surface area contributed by atoms with Gasteiger partial charge in [0, 0.05) is 35.5 Å². The summed E-state index contributed by atoms with van der Waals surface area (Å²) in [6.07, 6.45) is 3.84. The molecule has 1 aromatic carbocycles. The zero-order chi connectivity index (χ0) is 17.9. The highest BCUT2D eigenvalue weighted by molar-refractivity contribution is 9.10. The van der Waals surface area contributed by atoms with E-state index in [1.165, 1.54) is 0 Å². The number of hydrogen-bond acceptors (Lipinski definition) is 5. The summed E-state index contributed by atoms with van der Waals surface area (Å²) in [5, 5.41) is 3.48. The molecule has 0 saturated carbocycles. The topological polar surface area (TPSA) is 62.3 Å². The van der Waals surface area contributed by atoms with Crippen LogP contribution in [0.2, 0.25) is 0 Å². The lowest BCUT2D eigenvalue weighted by Gasteiger charge is -2.34. The highest BCUT2D eigenvalue weighted by atomic mass is 79.9. The first-order valence-electron chi connectivity index (χ1n) is 8.44. The first-order chi connectivity index (χ1) is 12.0. The minimum atomic E-state index is -3.13. The van der Waals surface area contributed by atoms with E-state index < -0.39 is 9.84 Å². The Morgan fingerprint density at radius 3 is 2.40 bits per heavy atom. The number of benzene rings is 1. The van der Waals surface area contributed by atoms with Crippen LogP contribution in [-0.2, 0) is 9.84 Å². The van der Waals surface area contributed by atoms with Gasteiger partial charge >= 0.3 is 0 Å². The molecule has 1 N–H and O–H groups in total. The van der Waals surface area contributed by atoms with E-state index in [4.69, 9.17) is 0 Å². The van der Waals surface area contributed by atoms with Crippen LogP contribution in [0.4, 0.5) is 11.5 Å². The number of pyridine rings is 1. The quantitative estimate of drug-likeness (QED) is 0.793. The predicted molar refractivity (Wildman–Crippen MR) is 105 cm³/mol. The van der Waals surface area contributed by atoms with Gasteiger partial charge in [-0.1, -0.05) is 6.92 Å². The number of aromatic nitrogens is 1. The van der Waals surface area contributed by atoms with Crippen molar-refractivity contribution < 1.29 is 8.42 Å². The van der Waals surface area contributed by atoms with Gasteiger partial charge in [0.25, 0.3) is 0 Å². The van der Waals surface area contributed by atoms with Crippen LogP contribution in [0.5, 0.6) is 0 Å². The molecule has 7 heteroatoms. The Labute approximate surface area is 157 Å².